The molecule has 120 valence electrons. The number of aromatic nitrogens is 1. The maximum Gasteiger partial charge on any atom is 0.191 e. The molecule has 22 heavy (non-hydrogen) atoms. The van der Waals surface area contributed by atoms with Crippen LogP contribution >= 0.6 is 22.7 Å². The Morgan fingerprint density at radius 2 is 2.18 bits per heavy atom. The van der Waals surface area contributed by atoms with Gasteiger partial charge in [-0.15, -0.1) is 11.3 Å². The van der Waals surface area contributed by atoms with Crippen LogP contribution in [0.5, 0.6) is 0 Å². The molecule has 0 aromatic carbocycles. The zero-order chi connectivity index (χ0) is 15.9. The van der Waals surface area contributed by atoms with Crippen molar-refractivity contribution in [3.05, 3.63) is 38.0 Å². The van der Waals surface area contributed by atoms with Crippen molar-refractivity contribution in [1.29, 1.82) is 0 Å². The van der Waals surface area contributed by atoms with Gasteiger partial charge in [0.15, 0.2) is 5.96 Å². The summed E-state index contributed by atoms with van der Waals surface area (Å²) in [6, 6.07) is 2.18. The smallest absolute Gasteiger partial charge is 0.191 e. The maximum atomic E-state index is 4.56. The summed E-state index contributed by atoms with van der Waals surface area (Å²) < 4.78 is 0. The second kappa shape index (κ2) is 8.29. The van der Waals surface area contributed by atoms with Crippen LogP contribution in [0.2, 0.25) is 0 Å². The summed E-state index contributed by atoms with van der Waals surface area (Å²) in [5, 5.41) is 12.3. The Balaban J connectivity index is 1.73. The van der Waals surface area contributed by atoms with Crippen molar-refractivity contribution in [3.63, 3.8) is 0 Å². The summed E-state index contributed by atoms with van der Waals surface area (Å²) in [6.45, 7) is 8.14. The van der Waals surface area contributed by atoms with Crippen LogP contribution in [-0.4, -0.2) is 31.1 Å². The Hall–Kier alpha value is -1.40. The van der Waals surface area contributed by atoms with Crippen molar-refractivity contribution >= 4 is 28.6 Å². The van der Waals surface area contributed by atoms with E-state index in [4.69, 9.17) is 0 Å². The number of thiophene rings is 1. The number of aryl methyl sites for hydroxylation is 2. The topological polar surface area (TPSA) is 49.3 Å². The molecule has 1 unspecified atom stereocenters. The van der Waals surface area contributed by atoms with Crippen molar-refractivity contribution in [2.24, 2.45) is 4.99 Å². The average molecular weight is 337 g/mol. The van der Waals surface area contributed by atoms with E-state index in [1.54, 1.807) is 22.7 Å². The lowest BCUT2D eigenvalue weighted by atomic mass is 10.1. The molecule has 6 heteroatoms. The molecular weight excluding hydrogens is 312 g/mol. The fraction of sp³-hybridized carbons (Fsp3) is 0.500. The molecule has 2 N–H and O–H groups in total. The second-order valence-corrected chi connectivity index (χ2v) is 7.40. The van der Waals surface area contributed by atoms with Crippen LogP contribution in [0.15, 0.2) is 21.8 Å². The fourth-order valence-electron chi connectivity index (χ4n) is 2.08. The molecule has 0 aliphatic rings. The van der Waals surface area contributed by atoms with Gasteiger partial charge in [-0.25, -0.2) is 4.98 Å². The summed E-state index contributed by atoms with van der Waals surface area (Å²) in [5.41, 5.74) is 2.52. The number of rotatable bonds is 6. The summed E-state index contributed by atoms with van der Waals surface area (Å²) >= 11 is 3.52. The highest BCUT2D eigenvalue weighted by atomic mass is 32.1. The lowest BCUT2D eigenvalue weighted by Crippen LogP contribution is -2.39. The second-order valence-electron chi connectivity index (χ2n) is 5.34. The first-order valence-electron chi connectivity index (χ1n) is 7.49. The van der Waals surface area contributed by atoms with Crippen LogP contribution < -0.4 is 10.6 Å². The van der Waals surface area contributed by atoms with Gasteiger partial charge in [0, 0.05) is 31.4 Å². The van der Waals surface area contributed by atoms with Crippen molar-refractivity contribution in [2.45, 2.75) is 33.1 Å². The van der Waals surface area contributed by atoms with Crippen LogP contribution in [-0.2, 0) is 6.42 Å². The van der Waals surface area contributed by atoms with Gasteiger partial charge >= 0.3 is 0 Å². The Morgan fingerprint density at radius 1 is 1.36 bits per heavy atom. The van der Waals surface area contributed by atoms with Crippen LogP contribution in [0.1, 0.15) is 34.0 Å². The van der Waals surface area contributed by atoms with Gasteiger partial charge in [-0.3, -0.25) is 4.99 Å². The molecule has 2 aromatic rings. The van der Waals surface area contributed by atoms with E-state index in [1.165, 1.54) is 15.4 Å². The first kappa shape index (κ1) is 17.0. The number of hydrogen-bond acceptors (Lipinski definition) is 4. The highest BCUT2D eigenvalue weighted by molar-refractivity contribution is 7.11. The minimum Gasteiger partial charge on any atom is -0.356 e. The van der Waals surface area contributed by atoms with Gasteiger partial charge in [0.1, 0.15) is 0 Å². The predicted octanol–water partition coefficient (Wildman–Crippen LogP) is 3.33. The van der Waals surface area contributed by atoms with E-state index >= 15 is 0 Å². The zero-order valence-corrected chi connectivity index (χ0v) is 15.3. The largest absolute Gasteiger partial charge is 0.356 e. The number of nitrogens with zero attached hydrogens (tertiary/aromatic N) is 2. The Morgan fingerprint density at radius 3 is 2.77 bits per heavy atom. The van der Waals surface area contributed by atoms with Crippen molar-refractivity contribution < 1.29 is 0 Å². The van der Waals surface area contributed by atoms with E-state index in [-0.39, 0.29) is 0 Å². The molecule has 0 saturated carbocycles. The molecule has 4 nitrogen and oxygen atoms in total. The molecule has 2 heterocycles. The van der Waals surface area contributed by atoms with Crippen molar-refractivity contribution in [1.82, 2.24) is 15.6 Å². The molecule has 0 aliphatic carbocycles. The summed E-state index contributed by atoms with van der Waals surface area (Å²) in [4.78, 5) is 10.1. The molecule has 0 radical (unpaired) electrons. The number of guanidine groups is 1. The van der Waals surface area contributed by atoms with Crippen LogP contribution in [0.3, 0.4) is 0 Å². The number of aliphatic imine (C=N–C) groups is 1. The Kier molecular flexibility index (Phi) is 6.39. The van der Waals surface area contributed by atoms with Crippen molar-refractivity contribution in [2.75, 3.05) is 20.1 Å². The third-order valence-corrected chi connectivity index (χ3v) is 5.45. The molecule has 0 saturated heterocycles. The predicted molar refractivity (Wildman–Crippen MR) is 97.4 cm³/mol. The monoisotopic (exact) mass is 336 g/mol. The van der Waals surface area contributed by atoms with Crippen LogP contribution in [0, 0.1) is 13.8 Å². The average Bonchev–Trinajstić information content (AvgIpc) is 3.13. The van der Waals surface area contributed by atoms with Crippen LogP contribution in [0.4, 0.5) is 0 Å². The van der Waals surface area contributed by atoms with E-state index < -0.39 is 0 Å². The minimum atomic E-state index is 0.481. The highest BCUT2D eigenvalue weighted by Crippen LogP contribution is 2.17. The number of nitrogens with one attached hydrogen (secondary N) is 2. The lowest BCUT2D eigenvalue weighted by molar-refractivity contribution is 0.699. The van der Waals surface area contributed by atoms with E-state index in [1.807, 2.05) is 7.05 Å². The Labute approximate surface area is 140 Å². The molecule has 0 fully saturated rings. The molecule has 0 amide bonds. The molecule has 1 atom stereocenters. The van der Waals surface area contributed by atoms with E-state index in [0.717, 1.165) is 31.2 Å². The molecular formula is C16H24N4S2. The standard InChI is InChI=1S/C16H24N4S2/c1-11(14-6-8-21-10-14)9-19-16(17-4)18-7-5-15-20-12(2)13(3)22-15/h6,8,10-11H,5,7,9H2,1-4H3,(H2,17,18,19). The molecule has 0 aliphatic heterocycles. The maximum absolute atomic E-state index is 4.56. The van der Waals surface area contributed by atoms with Gasteiger partial charge in [0.2, 0.25) is 0 Å². The van der Waals surface area contributed by atoms with Gasteiger partial charge in [-0.1, -0.05) is 6.92 Å². The van der Waals surface area contributed by atoms with E-state index in [0.29, 0.717) is 5.92 Å². The van der Waals surface area contributed by atoms with Gasteiger partial charge in [0.05, 0.1) is 10.7 Å². The van der Waals surface area contributed by atoms with Crippen LogP contribution in [0.25, 0.3) is 0 Å². The molecule has 0 bridgehead atoms. The van der Waals surface area contributed by atoms with Gasteiger partial charge in [-0.2, -0.15) is 11.3 Å². The van der Waals surface area contributed by atoms with Crippen molar-refractivity contribution in [3.8, 4) is 0 Å². The quantitative estimate of drug-likeness (QED) is 0.628. The van der Waals surface area contributed by atoms with Gasteiger partial charge in [0.25, 0.3) is 0 Å². The van der Waals surface area contributed by atoms with E-state index in [9.17, 15) is 0 Å². The normalized spacial score (nSPS) is 13.2. The summed E-state index contributed by atoms with van der Waals surface area (Å²) in [6.07, 6.45) is 0.931. The Bertz CT molecular complexity index is 582. The third kappa shape index (κ3) is 4.81. The van der Waals surface area contributed by atoms with E-state index in [2.05, 4.69) is 58.2 Å². The third-order valence-electron chi connectivity index (χ3n) is 3.62. The molecule has 2 aromatic heterocycles. The number of hydrogen-bond donors (Lipinski definition) is 2. The van der Waals surface area contributed by atoms with Gasteiger partial charge in [-0.05, 0) is 42.2 Å². The zero-order valence-electron chi connectivity index (χ0n) is 13.6. The lowest BCUT2D eigenvalue weighted by Gasteiger charge is -2.15. The first-order valence-corrected chi connectivity index (χ1v) is 9.25. The SMILES string of the molecule is CN=C(NCCc1nc(C)c(C)s1)NCC(C)c1ccsc1. The minimum absolute atomic E-state index is 0.481. The molecule has 2 rings (SSSR count). The number of thiazole rings is 1. The molecule has 0 spiro atoms. The summed E-state index contributed by atoms with van der Waals surface area (Å²) in [7, 11) is 1.81. The van der Waals surface area contributed by atoms with Gasteiger partial charge < -0.3 is 10.6 Å². The highest BCUT2D eigenvalue weighted by Gasteiger charge is 2.07. The first-order chi connectivity index (χ1) is 10.6. The fourth-order valence-corrected chi connectivity index (χ4v) is 3.79. The summed E-state index contributed by atoms with van der Waals surface area (Å²) in [5.74, 6) is 1.33.